The maximum atomic E-state index is 6.69. The molecule has 0 radical (unpaired) electrons. The van der Waals surface area contributed by atoms with Crippen LogP contribution in [0.2, 0.25) is 0 Å². The third-order valence-electron chi connectivity index (χ3n) is 27.6. The molecule has 0 N–H and O–H groups in total. The van der Waals surface area contributed by atoms with Crippen LogP contribution in [0.3, 0.4) is 0 Å². The molecule has 0 saturated heterocycles. The van der Waals surface area contributed by atoms with Crippen molar-refractivity contribution in [1.29, 1.82) is 0 Å². The molecule has 1 aliphatic carbocycles. The van der Waals surface area contributed by atoms with Crippen molar-refractivity contribution in [1.82, 2.24) is 39.0 Å². The summed E-state index contributed by atoms with van der Waals surface area (Å²) in [5, 5.41) is 6.70. The Morgan fingerprint density at radius 1 is 0.286 bits per heavy atom. The van der Waals surface area contributed by atoms with Crippen molar-refractivity contribution in [3.8, 4) is 90.3 Å². The molecule has 24 aromatic rings. The molecule has 18 aromatic carbocycles. The molecule has 0 saturated carbocycles. The molecule has 11 nitrogen and oxygen atoms in total. The van der Waals surface area contributed by atoms with E-state index in [2.05, 4.69) is 480 Å². The first-order valence-corrected chi connectivity index (χ1v) is 47.4. The highest BCUT2D eigenvalue weighted by molar-refractivity contribution is 6.15. The minimum Gasteiger partial charge on any atom is -0.455 e. The molecule has 4 aliphatic rings. The van der Waals surface area contributed by atoms with Gasteiger partial charge in [0.05, 0.1) is 72.7 Å². The van der Waals surface area contributed by atoms with Gasteiger partial charge in [-0.2, -0.15) is 0 Å². The molecule has 656 valence electrons. The lowest BCUT2D eigenvalue weighted by Gasteiger charge is -2.34. The molecule has 0 unspecified atom stereocenters. The Morgan fingerprint density at radius 2 is 0.857 bits per heavy atom. The highest BCUT2D eigenvalue weighted by Crippen LogP contribution is 2.60. The molecule has 9 heterocycles. The number of pyridine rings is 2. The minimum atomic E-state index is -0.508. The van der Waals surface area contributed by atoms with Crippen LogP contribution in [-0.4, -0.2) is 39.0 Å². The van der Waals surface area contributed by atoms with Gasteiger partial charge in [0.15, 0.2) is 11.5 Å². The van der Waals surface area contributed by atoms with Gasteiger partial charge in [-0.25, -0.2) is 19.9 Å². The fourth-order valence-electron chi connectivity index (χ4n) is 21.3. The maximum Gasteiger partial charge on any atom is 0.235 e. The SMILES string of the molecule is C1=Cc2c(ccc3c2-c2ncccc2C3(c2ccccc2)c2ccccc2)N(c2ccnc(-c3ccccc3)c2)c2ccccc21.C1=Cc2ccc3c(c2Oc2ccccc21)c1ccccc1n3-c1nc(-c2ccc(-c3cccc4ccccc34)cc2)c2ccccc2n1.C1=Cc2nc3c4ccccc4n(-c4ccc(-c5ccccc5)cc4-c4ccccc4)c3nc2N(c2ccccc2)c2ccccc21. The Labute approximate surface area is 809 Å². The summed E-state index contributed by atoms with van der Waals surface area (Å²) in [5.41, 5.74) is 36.1. The van der Waals surface area contributed by atoms with Crippen LogP contribution in [0.5, 0.6) is 11.5 Å². The van der Waals surface area contributed by atoms with Crippen molar-refractivity contribution in [3.63, 3.8) is 0 Å². The standard InChI is InChI=1S/C44H27N3O.C43H29N3.C42H28N4/c1-3-13-33-28(10-1)12-9-16-34(33)29-20-23-31(24-21-29)42-35-14-4-6-17-37(35)45-44(46-42)47-38-18-7-5-15-36(38)41-39(47)27-26-32-25-22-30-11-2-8-19-40(30)48-43(32)41;1-4-13-30(14-5-1)38-29-34(26-28-44-38)46-39-21-11-10-15-31(39)22-23-35-40(46)25-24-36-41(35)42-37(20-12-27-45-42)43(36,32-16-6-2-7-17-32)33-18-8-3-9-19-33;1-4-14-29(15-5-1)32-25-27-39(35(28-32)30-16-6-2-7-17-30)46-38-23-13-11-21-34(38)40-42(46)44-41-36(43-40)26-24-31-18-10-12-22-37(31)45(41)33-19-8-3-9-20-33/h1-27H;1-29H;1-28H. The number of anilines is 6. The topological polar surface area (TPSA) is 103 Å². The van der Waals surface area contributed by atoms with E-state index in [0.717, 1.165) is 179 Å². The third kappa shape index (κ3) is 14.0. The number of hydrogen-bond acceptors (Lipinski definition) is 9. The Kier molecular flexibility index (Phi) is 20.2. The van der Waals surface area contributed by atoms with E-state index in [0.29, 0.717) is 5.95 Å². The van der Waals surface area contributed by atoms with Gasteiger partial charge in [-0.1, -0.05) is 394 Å². The molecule has 0 amide bonds. The number of aromatic nitrogens is 8. The Bertz CT molecular complexity index is 9050. The lowest BCUT2D eigenvalue weighted by molar-refractivity contribution is 0.487. The van der Waals surface area contributed by atoms with Gasteiger partial charge >= 0.3 is 0 Å². The van der Waals surface area contributed by atoms with Gasteiger partial charge in [-0.15, -0.1) is 0 Å². The lowest BCUT2D eigenvalue weighted by Crippen LogP contribution is -2.28. The van der Waals surface area contributed by atoms with E-state index in [9.17, 15) is 0 Å². The van der Waals surface area contributed by atoms with Crippen molar-refractivity contribution in [2.45, 2.75) is 5.41 Å². The van der Waals surface area contributed by atoms with Crippen LogP contribution in [0.1, 0.15) is 55.8 Å². The van der Waals surface area contributed by atoms with E-state index >= 15 is 0 Å². The minimum absolute atomic E-state index is 0.508. The van der Waals surface area contributed by atoms with E-state index < -0.39 is 5.41 Å². The molecule has 3 aliphatic heterocycles. The number of benzene rings is 18. The van der Waals surface area contributed by atoms with E-state index in [1.807, 2.05) is 48.8 Å². The summed E-state index contributed by atoms with van der Waals surface area (Å²) < 4.78 is 11.2. The average Bonchev–Trinajstić information content (AvgIpc) is 1.52. The Balaban J connectivity index is 0.000000108. The molecule has 0 atom stereocenters. The van der Waals surface area contributed by atoms with Crippen LogP contribution in [-0.2, 0) is 5.41 Å². The monoisotopic (exact) mass is 1790 g/mol. The third-order valence-corrected chi connectivity index (χ3v) is 27.6. The predicted molar refractivity (Wildman–Crippen MR) is 577 cm³/mol. The van der Waals surface area contributed by atoms with Crippen LogP contribution in [0.25, 0.3) is 181 Å². The first-order valence-electron chi connectivity index (χ1n) is 47.4. The maximum absolute atomic E-state index is 6.69. The average molecular weight is 1790 g/mol. The highest BCUT2D eigenvalue weighted by atomic mass is 16.5. The predicted octanol–water partition coefficient (Wildman–Crippen LogP) is 32.8. The Hall–Kier alpha value is -18.8. The number of rotatable bonds is 11. The first kappa shape index (κ1) is 81.9. The van der Waals surface area contributed by atoms with Crippen LogP contribution < -0.4 is 14.5 Å². The highest BCUT2D eigenvalue weighted by Gasteiger charge is 2.48. The molecular formula is C129H84N10O. The Morgan fingerprint density at radius 3 is 1.61 bits per heavy atom. The van der Waals surface area contributed by atoms with Crippen molar-refractivity contribution >= 4 is 136 Å². The molecular weight excluding hydrogens is 1710 g/mol. The summed E-state index contributed by atoms with van der Waals surface area (Å²) in [4.78, 5) is 35.9. The second-order valence-electron chi connectivity index (χ2n) is 35.5. The second kappa shape index (κ2) is 34.6. The zero-order chi connectivity index (χ0) is 92.6. The van der Waals surface area contributed by atoms with Gasteiger partial charge < -0.3 is 9.64 Å². The molecule has 6 aromatic heterocycles. The fraction of sp³-hybridized carbons (Fsp3) is 0.00775. The van der Waals surface area contributed by atoms with Crippen LogP contribution in [0.4, 0.5) is 34.3 Å². The van der Waals surface area contributed by atoms with Gasteiger partial charge in [0.25, 0.3) is 0 Å². The molecule has 0 spiro atoms. The number of fused-ring (bicyclic) bond motifs is 19. The fourth-order valence-corrected chi connectivity index (χ4v) is 21.3. The van der Waals surface area contributed by atoms with Crippen molar-refractivity contribution < 1.29 is 4.74 Å². The van der Waals surface area contributed by atoms with Gasteiger partial charge in [0, 0.05) is 78.9 Å². The molecule has 11 heteroatoms. The van der Waals surface area contributed by atoms with E-state index in [-0.39, 0.29) is 0 Å². The first-order chi connectivity index (χ1) is 69.5. The summed E-state index contributed by atoms with van der Waals surface area (Å²) in [7, 11) is 0. The number of para-hydroxylation sites is 7. The van der Waals surface area contributed by atoms with Gasteiger partial charge in [0.2, 0.25) is 5.95 Å². The van der Waals surface area contributed by atoms with Crippen molar-refractivity contribution in [3.05, 3.63) is 529 Å². The summed E-state index contributed by atoms with van der Waals surface area (Å²) in [6, 6.07) is 162. The summed E-state index contributed by atoms with van der Waals surface area (Å²) in [6.45, 7) is 0. The van der Waals surface area contributed by atoms with E-state index in [1.54, 1.807) is 0 Å². The number of nitrogens with zero attached hydrogens (tertiary/aromatic N) is 10. The zero-order valence-electron chi connectivity index (χ0n) is 75.9. The molecule has 28 rings (SSSR count). The van der Waals surface area contributed by atoms with Gasteiger partial charge in [-0.3, -0.25) is 24.0 Å². The largest absolute Gasteiger partial charge is 0.455 e. The van der Waals surface area contributed by atoms with Crippen molar-refractivity contribution in [2.75, 3.05) is 9.80 Å². The lowest BCUT2D eigenvalue weighted by atomic mass is 9.68. The van der Waals surface area contributed by atoms with Crippen molar-refractivity contribution in [2.24, 2.45) is 0 Å². The molecule has 0 fully saturated rings. The molecule has 140 heavy (non-hydrogen) atoms. The molecule has 0 bridgehead atoms. The second-order valence-corrected chi connectivity index (χ2v) is 35.5. The van der Waals surface area contributed by atoms with Crippen LogP contribution in [0, 0.1) is 0 Å². The summed E-state index contributed by atoms with van der Waals surface area (Å²) in [6.07, 6.45) is 16.9. The summed E-state index contributed by atoms with van der Waals surface area (Å²) in [5.74, 6) is 3.10. The van der Waals surface area contributed by atoms with E-state index in [4.69, 9.17) is 34.6 Å². The quantitative estimate of drug-likeness (QED) is 0.125. The smallest absolute Gasteiger partial charge is 0.235 e. The van der Waals surface area contributed by atoms with Gasteiger partial charge in [0.1, 0.15) is 22.7 Å². The number of hydrogen-bond donors (Lipinski definition) is 0. The van der Waals surface area contributed by atoms with Crippen LogP contribution in [0.15, 0.2) is 473 Å². The summed E-state index contributed by atoms with van der Waals surface area (Å²) >= 11 is 0. The van der Waals surface area contributed by atoms with Crippen LogP contribution >= 0.6 is 0 Å². The normalized spacial score (nSPS) is 12.7. The van der Waals surface area contributed by atoms with Gasteiger partial charge in [-0.05, 0) is 175 Å². The van der Waals surface area contributed by atoms with E-state index in [1.165, 1.54) is 60.8 Å². The zero-order valence-corrected chi connectivity index (χ0v) is 75.9. The number of ether oxygens (including phenoxy) is 1.